The van der Waals surface area contributed by atoms with Gasteiger partial charge in [-0.05, 0) is 63.0 Å². The number of unbranched alkanes of at least 4 members (excludes halogenated alkanes) is 2. The third-order valence-electron chi connectivity index (χ3n) is 7.69. The zero-order valence-electron chi connectivity index (χ0n) is 18.9. The van der Waals surface area contributed by atoms with Crippen LogP contribution in [-0.2, 0) is 4.74 Å². The first-order valence-electron chi connectivity index (χ1n) is 11.9. The molecule has 2 saturated carbocycles. The fourth-order valence-corrected chi connectivity index (χ4v) is 10.1. The van der Waals surface area contributed by atoms with Gasteiger partial charge in [-0.25, -0.2) is 0 Å². The summed E-state index contributed by atoms with van der Waals surface area (Å²) in [5.41, 5.74) is 2.28. The van der Waals surface area contributed by atoms with Crippen LogP contribution in [0.5, 0.6) is 0 Å². The van der Waals surface area contributed by atoms with Crippen molar-refractivity contribution in [3.63, 3.8) is 0 Å². The molecule has 2 fully saturated rings. The van der Waals surface area contributed by atoms with Gasteiger partial charge in [0, 0.05) is 6.61 Å². The van der Waals surface area contributed by atoms with Gasteiger partial charge < -0.3 is 4.74 Å². The molecule has 2 aliphatic rings. The Morgan fingerprint density at radius 2 is 1.35 bits per heavy atom. The summed E-state index contributed by atoms with van der Waals surface area (Å²) in [6.45, 7) is 15.3. The molecule has 0 spiro atoms. The predicted octanol–water partition coefficient (Wildman–Crippen LogP) is 8.21. The Morgan fingerprint density at radius 1 is 0.808 bits per heavy atom. The molecule has 2 aliphatic carbocycles. The Kier molecular flexibility index (Phi) is 8.72. The number of hydrogen-bond acceptors (Lipinski definition) is 1. The minimum atomic E-state index is -1.06. The largest absolute Gasteiger partial charge is 0.376 e. The van der Waals surface area contributed by atoms with Crippen LogP contribution in [0.25, 0.3) is 0 Å². The highest BCUT2D eigenvalue weighted by atomic mass is 28.3. The van der Waals surface area contributed by atoms with Crippen LogP contribution in [0, 0.1) is 11.8 Å². The van der Waals surface area contributed by atoms with Gasteiger partial charge in [-0.1, -0.05) is 77.8 Å². The van der Waals surface area contributed by atoms with Crippen molar-refractivity contribution in [3.8, 4) is 0 Å². The first kappa shape index (κ1) is 22.5. The van der Waals surface area contributed by atoms with Crippen molar-refractivity contribution in [2.24, 2.45) is 11.8 Å². The van der Waals surface area contributed by atoms with Gasteiger partial charge in [0.2, 0.25) is 0 Å². The lowest BCUT2D eigenvalue weighted by Gasteiger charge is -2.36. The first-order valence-corrected chi connectivity index (χ1v) is 15.0. The third kappa shape index (κ3) is 6.97. The summed E-state index contributed by atoms with van der Waals surface area (Å²) in [6, 6.07) is 0. The third-order valence-corrected chi connectivity index (χ3v) is 13.0. The fourth-order valence-electron chi connectivity index (χ4n) is 5.77. The van der Waals surface area contributed by atoms with E-state index in [1.165, 1.54) is 44.9 Å². The summed E-state index contributed by atoms with van der Waals surface area (Å²) in [5.74, 6) is 2.10. The second-order valence-corrected chi connectivity index (χ2v) is 16.4. The smallest absolute Gasteiger partial charge is 0.0598 e. The summed E-state index contributed by atoms with van der Waals surface area (Å²) >= 11 is 0. The van der Waals surface area contributed by atoms with Crippen LogP contribution < -0.4 is 0 Å². The lowest BCUT2D eigenvalue weighted by atomic mass is 10.0. The zero-order valence-corrected chi connectivity index (χ0v) is 19.9. The second kappa shape index (κ2) is 10.1. The summed E-state index contributed by atoms with van der Waals surface area (Å²) in [6.07, 6.45) is 17.8. The van der Waals surface area contributed by atoms with Crippen LogP contribution in [0.3, 0.4) is 0 Å². The number of ether oxygens (including phenoxy) is 1. The maximum Gasteiger partial charge on any atom is 0.0598 e. The minimum Gasteiger partial charge on any atom is -0.376 e. The van der Waals surface area contributed by atoms with E-state index in [2.05, 4.69) is 40.8 Å². The van der Waals surface area contributed by atoms with E-state index in [9.17, 15) is 0 Å². The van der Waals surface area contributed by atoms with Crippen LogP contribution in [-0.4, -0.2) is 20.3 Å². The van der Waals surface area contributed by atoms with E-state index in [1.807, 2.05) is 0 Å². The van der Waals surface area contributed by atoms with Crippen molar-refractivity contribution in [1.82, 2.24) is 0 Å². The van der Waals surface area contributed by atoms with E-state index in [-0.39, 0.29) is 5.60 Å². The van der Waals surface area contributed by atoms with E-state index in [1.54, 1.807) is 32.1 Å². The molecular weight excluding hydrogens is 332 g/mol. The van der Waals surface area contributed by atoms with Crippen molar-refractivity contribution in [2.75, 3.05) is 6.61 Å². The zero-order chi connectivity index (χ0) is 19.2. The topological polar surface area (TPSA) is 9.23 Å². The van der Waals surface area contributed by atoms with Gasteiger partial charge in [-0.3, -0.25) is 0 Å². The minimum absolute atomic E-state index is 0.0321. The van der Waals surface area contributed by atoms with Gasteiger partial charge in [-0.2, -0.15) is 0 Å². The Bertz CT molecular complexity index is 398. The molecule has 0 bridgehead atoms. The Balaban J connectivity index is 1.68. The van der Waals surface area contributed by atoms with Crippen molar-refractivity contribution >= 4 is 8.07 Å². The second-order valence-electron chi connectivity index (χ2n) is 11.2. The summed E-state index contributed by atoms with van der Waals surface area (Å²) in [4.78, 5) is 0. The van der Waals surface area contributed by atoms with E-state index < -0.39 is 8.07 Å². The standard InChI is InChI=1S/C24H48OSi/c1-7-8-11-20-13-15-22(18-20)26(5,6)23-16-14-21(19-23)12-9-10-17-25-24(2,3)4/h20-23H,7-19H2,1-6H3. The Labute approximate surface area is 166 Å². The molecule has 1 nitrogen and oxygen atoms in total. The summed E-state index contributed by atoms with van der Waals surface area (Å²) in [5, 5.41) is 0. The fraction of sp³-hybridized carbons (Fsp3) is 1.00. The monoisotopic (exact) mass is 380 g/mol. The van der Waals surface area contributed by atoms with Crippen molar-refractivity contribution in [3.05, 3.63) is 0 Å². The molecular formula is C24H48OSi. The van der Waals surface area contributed by atoms with Crippen LogP contribution in [0.1, 0.15) is 105 Å². The highest BCUT2D eigenvalue weighted by Gasteiger charge is 2.44. The quantitative estimate of drug-likeness (QED) is 0.274. The molecule has 0 saturated heterocycles. The first-order chi connectivity index (χ1) is 12.2. The average Bonchev–Trinajstić information content (AvgIpc) is 3.21. The maximum absolute atomic E-state index is 5.88. The van der Waals surface area contributed by atoms with Crippen molar-refractivity contribution < 1.29 is 4.74 Å². The molecule has 0 N–H and O–H groups in total. The highest BCUT2D eigenvalue weighted by molar-refractivity contribution is 6.80. The van der Waals surface area contributed by atoms with Crippen molar-refractivity contribution in [1.29, 1.82) is 0 Å². The molecule has 26 heavy (non-hydrogen) atoms. The maximum atomic E-state index is 5.88. The summed E-state index contributed by atoms with van der Waals surface area (Å²) < 4.78 is 5.88. The van der Waals surface area contributed by atoms with Gasteiger partial charge in [-0.15, -0.1) is 0 Å². The molecule has 154 valence electrons. The molecule has 0 aromatic carbocycles. The van der Waals surface area contributed by atoms with E-state index >= 15 is 0 Å². The van der Waals surface area contributed by atoms with Crippen LogP contribution in [0.2, 0.25) is 24.2 Å². The van der Waals surface area contributed by atoms with E-state index in [0.29, 0.717) is 0 Å². The molecule has 2 rings (SSSR count). The van der Waals surface area contributed by atoms with Crippen LogP contribution in [0.4, 0.5) is 0 Å². The van der Waals surface area contributed by atoms with Crippen LogP contribution in [0.15, 0.2) is 0 Å². The molecule has 2 heteroatoms. The summed E-state index contributed by atoms with van der Waals surface area (Å²) in [7, 11) is -1.06. The van der Waals surface area contributed by atoms with Crippen molar-refractivity contribution in [2.45, 2.75) is 135 Å². The molecule has 0 aromatic rings. The Morgan fingerprint density at radius 3 is 1.85 bits per heavy atom. The molecule has 0 amide bonds. The molecule has 0 radical (unpaired) electrons. The Hall–Kier alpha value is 0.177. The number of hydrogen-bond donors (Lipinski definition) is 0. The predicted molar refractivity (Wildman–Crippen MR) is 119 cm³/mol. The lowest BCUT2D eigenvalue weighted by Crippen LogP contribution is -2.36. The van der Waals surface area contributed by atoms with E-state index in [4.69, 9.17) is 4.74 Å². The van der Waals surface area contributed by atoms with E-state index in [0.717, 1.165) is 29.5 Å². The van der Waals surface area contributed by atoms with Gasteiger partial charge in [0.25, 0.3) is 0 Å². The van der Waals surface area contributed by atoms with Gasteiger partial charge in [0.15, 0.2) is 0 Å². The molecule has 4 unspecified atom stereocenters. The molecule has 0 aliphatic heterocycles. The number of rotatable bonds is 10. The molecule has 4 atom stereocenters. The lowest BCUT2D eigenvalue weighted by molar-refractivity contribution is -0.00500. The molecule has 0 heterocycles. The average molecular weight is 381 g/mol. The van der Waals surface area contributed by atoms with Gasteiger partial charge in [0.05, 0.1) is 13.7 Å². The highest BCUT2D eigenvalue weighted by Crippen LogP contribution is 2.53. The normalized spacial score (nSPS) is 30.2. The van der Waals surface area contributed by atoms with Gasteiger partial charge >= 0.3 is 0 Å². The molecule has 0 aromatic heterocycles. The van der Waals surface area contributed by atoms with Gasteiger partial charge in [0.1, 0.15) is 0 Å². The van der Waals surface area contributed by atoms with Crippen LogP contribution >= 0.6 is 0 Å². The SMILES string of the molecule is CCCCC1CCC([Si](C)(C)C2CCC(CCCCOC(C)(C)C)C2)C1.